The number of hydrogen-bond acceptors (Lipinski definition) is 6. The van der Waals surface area contributed by atoms with Crippen molar-refractivity contribution < 1.29 is 27.9 Å². The van der Waals surface area contributed by atoms with Gasteiger partial charge in [0.1, 0.15) is 17.6 Å². The van der Waals surface area contributed by atoms with E-state index in [2.05, 4.69) is 4.98 Å². The first-order valence-corrected chi connectivity index (χ1v) is 6.02. The number of ether oxygens (including phenoxy) is 1. The normalized spacial score (nSPS) is 19.6. The lowest BCUT2D eigenvalue weighted by Gasteiger charge is -2.33. The van der Waals surface area contributed by atoms with Gasteiger partial charge in [-0.3, -0.25) is 10.1 Å². The van der Waals surface area contributed by atoms with Crippen molar-refractivity contribution >= 4 is 11.4 Å². The number of aromatic nitrogens is 1. The van der Waals surface area contributed by atoms with Crippen molar-refractivity contribution in [3.8, 4) is 0 Å². The Kier molecular flexibility index (Phi) is 4.28. The Balaban J connectivity index is 2.41. The van der Waals surface area contributed by atoms with E-state index in [0.29, 0.717) is 12.3 Å². The molecule has 116 valence electrons. The highest BCUT2D eigenvalue weighted by molar-refractivity contribution is 5.63. The Hall–Kier alpha value is -1.94. The van der Waals surface area contributed by atoms with Gasteiger partial charge >= 0.3 is 11.9 Å². The molecular weight excluding hydrogens is 295 g/mol. The summed E-state index contributed by atoms with van der Waals surface area (Å²) in [5.74, 6) is 0. The van der Waals surface area contributed by atoms with Gasteiger partial charge in [0, 0.05) is 13.1 Å². The number of nitro groups is 1. The number of aliphatic hydroxyl groups excluding tert-OH is 1. The molecular formula is C11H12F3N3O4. The lowest BCUT2D eigenvalue weighted by molar-refractivity contribution is -0.384. The van der Waals surface area contributed by atoms with E-state index >= 15 is 0 Å². The summed E-state index contributed by atoms with van der Waals surface area (Å²) in [6.07, 6.45) is -4.69. The van der Waals surface area contributed by atoms with E-state index < -0.39 is 28.6 Å². The van der Waals surface area contributed by atoms with Crippen molar-refractivity contribution in [2.45, 2.75) is 12.3 Å². The summed E-state index contributed by atoms with van der Waals surface area (Å²) in [5.41, 5.74) is -1.89. The Morgan fingerprint density at radius 3 is 2.86 bits per heavy atom. The number of anilines is 1. The zero-order chi connectivity index (χ0) is 15.6. The molecule has 1 aromatic heterocycles. The van der Waals surface area contributed by atoms with Crippen molar-refractivity contribution in [2.75, 3.05) is 31.2 Å². The van der Waals surface area contributed by atoms with Crippen LogP contribution in [0, 0.1) is 10.1 Å². The Labute approximate surface area is 117 Å². The van der Waals surface area contributed by atoms with Crippen LogP contribution in [0.5, 0.6) is 0 Å². The summed E-state index contributed by atoms with van der Waals surface area (Å²) in [4.78, 5) is 14.6. The summed E-state index contributed by atoms with van der Waals surface area (Å²) < 4.78 is 43.3. The first-order valence-electron chi connectivity index (χ1n) is 6.02. The predicted octanol–water partition coefficient (Wildman–Crippen LogP) is 1.21. The summed E-state index contributed by atoms with van der Waals surface area (Å²) in [5, 5.41) is 20.0. The molecule has 2 rings (SSSR count). The molecule has 0 saturated carbocycles. The average molecular weight is 307 g/mol. The molecule has 1 fully saturated rings. The molecule has 1 aliphatic rings. The molecule has 0 aromatic carbocycles. The van der Waals surface area contributed by atoms with Gasteiger partial charge in [0.15, 0.2) is 0 Å². The molecule has 1 unspecified atom stereocenters. The van der Waals surface area contributed by atoms with Gasteiger partial charge in [-0.15, -0.1) is 0 Å². The highest BCUT2D eigenvalue weighted by Gasteiger charge is 2.36. The molecule has 0 spiro atoms. The maximum absolute atomic E-state index is 12.7. The van der Waals surface area contributed by atoms with Gasteiger partial charge in [-0.2, -0.15) is 13.2 Å². The van der Waals surface area contributed by atoms with Gasteiger partial charge in [-0.25, -0.2) is 4.98 Å². The van der Waals surface area contributed by atoms with E-state index in [0.717, 1.165) is 0 Å². The number of alkyl halides is 3. The largest absolute Gasteiger partial charge is 0.433 e. The third-order valence-corrected chi connectivity index (χ3v) is 3.03. The van der Waals surface area contributed by atoms with Crippen LogP contribution in [-0.2, 0) is 10.9 Å². The summed E-state index contributed by atoms with van der Waals surface area (Å²) in [6.45, 7) is 0.102. The number of hydrogen-bond donors (Lipinski definition) is 1. The topological polar surface area (TPSA) is 88.7 Å². The Morgan fingerprint density at radius 1 is 1.57 bits per heavy atom. The van der Waals surface area contributed by atoms with Crippen LogP contribution >= 0.6 is 0 Å². The molecule has 2 heterocycles. The van der Waals surface area contributed by atoms with Crippen molar-refractivity contribution in [2.24, 2.45) is 0 Å². The summed E-state index contributed by atoms with van der Waals surface area (Å²) in [6, 6.07) is 0.651. The average Bonchev–Trinajstić information content (AvgIpc) is 2.45. The molecule has 0 amide bonds. The van der Waals surface area contributed by atoms with Gasteiger partial charge in [0.2, 0.25) is 0 Å². The SMILES string of the molecule is O=[N+]([O-])c1cnc(C(F)(F)F)cc1N1CCOC(CO)C1. The van der Waals surface area contributed by atoms with Crippen LogP contribution in [0.2, 0.25) is 0 Å². The van der Waals surface area contributed by atoms with Gasteiger partial charge in [-0.05, 0) is 6.07 Å². The molecule has 1 aromatic rings. The molecule has 1 aliphatic heterocycles. The number of morpholine rings is 1. The van der Waals surface area contributed by atoms with E-state index in [-0.39, 0.29) is 32.0 Å². The van der Waals surface area contributed by atoms with E-state index in [9.17, 15) is 23.3 Å². The van der Waals surface area contributed by atoms with E-state index in [1.54, 1.807) is 0 Å². The lowest BCUT2D eigenvalue weighted by Crippen LogP contribution is -2.44. The van der Waals surface area contributed by atoms with Gasteiger partial charge in [-0.1, -0.05) is 0 Å². The fourth-order valence-corrected chi connectivity index (χ4v) is 2.04. The second-order valence-electron chi connectivity index (χ2n) is 4.43. The van der Waals surface area contributed by atoms with Crippen LogP contribution in [-0.4, -0.2) is 47.4 Å². The maximum atomic E-state index is 12.7. The van der Waals surface area contributed by atoms with E-state index in [4.69, 9.17) is 9.84 Å². The number of pyridine rings is 1. The summed E-state index contributed by atoms with van der Waals surface area (Å²) in [7, 11) is 0. The molecule has 1 atom stereocenters. The molecule has 21 heavy (non-hydrogen) atoms. The molecule has 0 radical (unpaired) electrons. The molecule has 10 heteroatoms. The van der Waals surface area contributed by atoms with Crippen LogP contribution in [0.25, 0.3) is 0 Å². The minimum atomic E-state index is -4.69. The quantitative estimate of drug-likeness (QED) is 0.667. The number of aliphatic hydroxyl groups is 1. The third kappa shape index (κ3) is 3.39. The highest BCUT2D eigenvalue weighted by Crippen LogP contribution is 2.35. The molecule has 1 saturated heterocycles. The van der Waals surface area contributed by atoms with Crippen LogP contribution < -0.4 is 4.90 Å². The standard InChI is InChI=1S/C11H12F3N3O4/c12-11(13,14)10-3-8(9(4-15-10)17(19)20)16-1-2-21-7(5-16)6-18/h3-4,7,18H,1-2,5-6H2. The molecule has 7 nitrogen and oxygen atoms in total. The minimum Gasteiger partial charge on any atom is -0.394 e. The van der Waals surface area contributed by atoms with Crippen LogP contribution in [0.3, 0.4) is 0 Å². The monoisotopic (exact) mass is 307 g/mol. The number of rotatable bonds is 3. The van der Waals surface area contributed by atoms with E-state index in [1.807, 2.05) is 0 Å². The van der Waals surface area contributed by atoms with Gasteiger partial charge in [0.05, 0.1) is 24.2 Å². The van der Waals surface area contributed by atoms with E-state index in [1.165, 1.54) is 4.90 Å². The van der Waals surface area contributed by atoms with Crippen LogP contribution in [0.4, 0.5) is 24.5 Å². The first kappa shape index (κ1) is 15.4. The smallest absolute Gasteiger partial charge is 0.394 e. The Bertz CT molecular complexity index is 538. The van der Waals surface area contributed by atoms with Crippen molar-refractivity contribution in [1.29, 1.82) is 0 Å². The fourth-order valence-electron chi connectivity index (χ4n) is 2.04. The summed E-state index contributed by atoms with van der Waals surface area (Å²) >= 11 is 0. The van der Waals surface area contributed by atoms with Gasteiger partial charge < -0.3 is 14.7 Å². The van der Waals surface area contributed by atoms with Crippen LogP contribution in [0.1, 0.15) is 5.69 Å². The third-order valence-electron chi connectivity index (χ3n) is 3.03. The predicted molar refractivity (Wildman–Crippen MR) is 64.9 cm³/mol. The minimum absolute atomic E-state index is 0.0681. The maximum Gasteiger partial charge on any atom is 0.433 e. The Morgan fingerprint density at radius 2 is 2.29 bits per heavy atom. The van der Waals surface area contributed by atoms with Crippen molar-refractivity contribution in [1.82, 2.24) is 4.98 Å². The second-order valence-corrected chi connectivity index (χ2v) is 4.43. The van der Waals surface area contributed by atoms with Crippen molar-refractivity contribution in [3.05, 3.63) is 28.1 Å². The molecule has 0 bridgehead atoms. The highest BCUT2D eigenvalue weighted by atomic mass is 19.4. The molecule has 1 N–H and O–H groups in total. The first-order chi connectivity index (χ1) is 9.82. The fraction of sp³-hybridized carbons (Fsp3) is 0.545. The number of nitrogens with zero attached hydrogens (tertiary/aromatic N) is 3. The molecule has 0 aliphatic carbocycles. The lowest BCUT2D eigenvalue weighted by atomic mass is 10.2. The number of halogens is 3. The zero-order valence-corrected chi connectivity index (χ0v) is 10.7. The van der Waals surface area contributed by atoms with Gasteiger partial charge in [0.25, 0.3) is 0 Å². The van der Waals surface area contributed by atoms with Crippen molar-refractivity contribution in [3.63, 3.8) is 0 Å². The second kappa shape index (κ2) is 5.82. The van der Waals surface area contributed by atoms with Crippen LogP contribution in [0.15, 0.2) is 12.3 Å². The zero-order valence-electron chi connectivity index (χ0n) is 10.7.